The molecular weight excluding hydrogens is 266 g/mol. The highest BCUT2D eigenvalue weighted by molar-refractivity contribution is 5.84. The van der Waals surface area contributed by atoms with Crippen molar-refractivity contribution in [2.24, 2.45) is 0 Å². The minimum Gasteiger partial charge on any atom is -0.493 e. The number of rotatable bonds is 4. The van der Waals surface area contributed by atoms with Crippen molar-refractivity contribution in [3.8, 4) is 22.6 Å². The Morgan fingerprint density at radius 2 is 1.75 bits per heavy atom. The third kappa shape index (κ3) is 2.47. The van der Waals surface area contributed by atoms with Gasteiger partial charge in [-0.1, -0.05) is 0 Å². The minimum absolute atomic E-state index is 0.00356. The lowest BCUT2D eigenvalue weighted by molar-refractivity contribution is 0.112. The number of methoxy groups -OCH3 is 2. The van der Waals surface area contributed by atoms with Crippen LogP contribution in [0.2, 0.25) is 0 Å². The van der Waals surface area contributed by atoms with Gasteiger partial charge in [0.25, 0.3) is 0 Å². The van der Waals surface area contributed by atoms with Crippen LogP contribution in [0.25, 0.3) is 11.1 Å². The predicted molar refractivity (Wildman–Crippen MR) is 70.3 cm³/mol. The molecule has 0 radical (unpaired) electrons. The highest BCUT2D eigenvalue weighted by Crippen LogP contribution is 2.40. The molecule has 0 spiro atoms. The van der Waals surface area contributed by atoms with Gasteiger partial charge in [0, 0.05) is 16.7 Å². The van der Waals surface area contributed by atoms with E-state index in [0.717, 1.165) is 18.2 Å². The maximum Gasteiger partial charge on any atom is 0.168 e. The highest BCUT2D eigenvalue weighted by atomic mass is 19.1. The fourth-order valence-corrected chi connectivity index (χ4v) is 1.96. The van der Waals surface area contributed by atoms with Gasteiger partial charge in [-0.05, 0) is 30.3 Å². The average Bonchev–Trinajstić information content (AvgIpc) is 2.48. The fourth-order valence-electron chi connectivity index (χ4n) is 1.96. The standard InChI is InChI=1S/C15H12F2O3/c1-19-14-6-9(8-18)5-12(15(14)20-2)11-7-10(16)3-4-13(11)17/h3-8H,1-2H3. The van der Waals surface area contributed by atoms with Gasteiger partial charge in [-0.15, -0.1) is 0 Å². The Hall–Kier alpha value is -2.43. The van der Waals surface area contributed by atoms with Crippen LogP contribution in [0.3, 0.4) is 0 Å². The first-order valence-electron chi connectivity index (χ1n) is 5.77. The number of ether oxygens (including phenoxy) is 2. The molecule has 2 aromatic rings. The number of carbonyl (C=O) groups excluding carboxylic acids is 1. The molecule has 0 bridgehead atoms. The van der Waals surface area contributed by atoms with E-state index in [2.05, 4.69) is 0 Å². The van der Waals surface area contributed by atoms with E-state index in [1.54, 1.807) is 0 Å². The van der Waals surface area contributed by atoms with Crippen LogP contribution in [0.15, 0.2) is 30.3 Å². The number of hydrogen-bond acceptors (Lipinski definition) is 3. The van der Waals surface area contributed by atoms with E-state index >= 15 is 0 Å². The molecule has 0 aromatic heterocycles. The van der Waals surface area contributed by atoms with Gasteiger partial charge in [-0.3, -0.25) is 4.79 Å². The molecule has 2 aromatic carbocycles. The van der Waals surface area contributed by atoms with Gasteiger partial charge >= 0.3 is 0 Å². The summed E-state index contributed by atoms with van der Waals surface area (Å²) in [6.07, 6.45) is 0.600. The maximum atomic E-state index is 13.9. The summed E-state index contributed by atoms with van der Waals surface area (Å²) >= 11 is 0. The highest BCUT2D eigenvalue weighted by Gasteiger charge is 2.17. The van der Waals surface area contributed by atoms with Gasteiger partial charge in [0.2, 0.25) is 0 Å². The van der Waals surface area contributed by atoms with Crippen molar-refractivity contribution < 1.29 is 23.0 Å². The molecule has 0 saturated heterocycles. The van der Waals surface area contributed by atoms with E-state index in [9.17, 15) is 13.6 Å². The smallest absolute Gasteiger partial charge is 0.168 e. The summed E-state index contributed by atoms with van der Waals surface area (Å²) in [5, 5.41) is 0. The molecule has 104 valence electrons. The average molecular weight is 278 g/mol. The Balaban J connectivity index is 2.77. The zero-order chi connectivity index (χ0) is 14.7. The molecule has 0 aliphatic heterocycles. The van der Waals surface area contributed by atoms with E-state index in [1.807, 2.05) is 0 Å². The third-order valence-electron chi connectivity index (χ3n) is 2.86. The van der Waals surface area contributed by atoms with E-state index in [4.69, 9.17) is 9.47 Å². The van der Waals surface area contributed by atoms with E-state index in [1.165, 1.54) is 26.4 Å². The van der Waals surface area contributed by atoms with Crippen LogP contribution >= 0.6 is 0 Å². The second-order valence-corrected chi connectivity index (χ2v) is 4.05. The maximum absolute atomic E-state index is 13.9. The normalized spacial score (nSPS) is 10.2. The van der Waals surface area contributed by atoms with Crippen molar-refractivity contribution in [1.29, 1.82) is 0 Å². The van der Waals surface area contributed by atoms with Gasteiger partial charge in [-0.25, -0.2) is 8.78 Å². The summed E-state index contributed by atoms with van der Waals surface area (Å²) in [7, 11) is 2.79. The molecule has 0 fully saturated rings. The molecule has 0 saturated carbocycles. The number of hydrogen-bond donors (Lipinski definition) is 0. The van der Waals surface area contributed by atoms with Crippen LogP contribution in [0.1, 0.15) is 10.4 Å². The van der Waals surface area contributed by atoms with Crippen molar-refractivity contribution in [2.45, 2.75) is 0 Å². The van der Waals surface area contributed by atoms with Crippen molar-refractivity contribution in [3.05, 3.63) is 47.5 Å². The lowest BCUT2D eigenvalue weighted by Gasteiger charge is -2.14. The van der Waals surface area contributed by atoms with Crippen molar-refractivity contribution in [2.75, 3.05) is 14.2 Å². The molecular formula is C15H12F2O3. The Labute approximate surface area is 114 Å². The van der Waals surface area contributed by atoms with Crippen molar-refractivity contribution in [3.63, 3.8) is 0 Å². The SMILES string of the molecule is COc1cc(C=O)cc(-c2cc(F)ccc2F)c1OC. The summed E-state index contributed by atoms with van der Waals surface area (Å²) in [5.41, 5.74) is 0.538. The van der Waals surface area contributed by atoms with E-state index in [-0.39, 0.29) is 28.2 Å². The molecule has 0 aliphatic carbocycles. The Bertz CT molecular complexity index is 654. The van der Waals surface area contributed by atoms with E-state index < -0.39 is 11.6 Å². The molecule has 0 aliphatic rings. The van der Waals surface area contributed by atoms with Crippen LogP contribution in [0, 0.1) is 11.6 Å². The first-order valence-corrected chi connectivity index (χ1v) is 5.77. The van der Waals surface area contributed by atoms with Gasteiger partial charge in [0.1, 0.15) is 17.9 Å². The first kappa shape index (κ1) is 14.0. The summed E-state index contributed by atoms with van der Waals surface area (Å²) in [4.78, 5) is 10.9. The van der Waals surface area contributed by atoms with Gasteiger partial charge < -0.3 is 9.47 Å². The second kappa shape index (κ2) is 5.69. The number of benzene rings is 2. The van der Waals surface area contributed by atoms with Crippen molar-refractivity contribution in [1.82, 2.24) is 0 Å². The number of carbonyl (C=O) groups is 1. The van der Waals surface area contributed by atoms with Crippen LogP contribution in [-0.4, -0.2) is 20.5 Å². The summed E-state index contributed by atoms with van der Waals surface area (Å²) in [6, 6.07) is 5.97. The largest absolute Gasteiger partial charge is 0.493 e. The quantitative estimate of drug-likeness (QED) is 0.803. The predicted octanol–water partition coefficient (Wildman–Crippen LogP) is 3.46. The molecule has 0 unspecified atom stereocenters. The van der Waals surface area contributed by atoms with Gasteiger partial charge in [-0.2, -0.15) is 0 Å². The summed E-state index contributed by atoms with van der Waals surface area (Å²) in [6.45, 7) is 0. The Morgan fingerprint density at radius 1 is 1.00 bits per heavy atom. The zero-order valence-corrected chi connectivity index (χ0v) is 10.9. The molecule has 3 nitrogen and oxygen atoms in total. The number of halogens is 2. The summed E-state index contributed by atoms with van der Waals surface area (Å²) < 4.78 is 37.5. The molecule has 20 heavy (non-hydrogen) atoms. The fraction of sp³-hybridized carbons (Fsp3) is 0.133. The Kier molecular flexibility index (Phi) is 3.98. The molecule has 2 rings (SSSR count). The van der Waals surface area contributed by atoms with Crippen LogP contribution in [-0.2, 0) is 0 Å². The first-order chi connectivity index (χ1) is 9.60. The lowest BCUT2D eigenvalue weighted by atomic mass is 10.0. The van der Waals surface area contributed by atoms with Gasteiger partial charge in [0.15, 0.2) is 11.5 Å². The van der Waals surface area contributed by atoms with Crippen molar-refractivity contribution >= 4 is 6.29 Å². The van der Waals surface area contributed by atoms with Crippen LogP contribution in [0.4, 0.5) is 8.78 Å². The molecule has 5 heteroatoms. The van der Waals surface area contributed by atoms with Crippen LogP contribution in [0.5, 0.6) is 11.5 Å². The topological polar surface area (TPSA) is 35.5 Å². The third-order valence-corrected chi connectivity index (χ3v) is 2.86. The lowest BCUT2D eigenvalue weighted by Crippen LogP contribution is -1.97. The second-order valence-electron chi connectivity index (χ2n) is 4.05. The molecule has 0 amide bonds. The molecule has 0 heterocycles. The van der Waals surface area contributed by atoms with Gasteiger partial charge in [0.05, 0.1) is 14.2 Å². The summed E-state index contributed by atoms with van der Waals surface area (Å²) in [5.74, 6) is -0.688. The van der Waals surface area contributed by atoms with Crippen LogP contribution < -0.4 is 9.47 Å². The Morgan fingerprint density at radius 3 is 2.35 bits per heavy atom. The minimum atomic E-state index is -0.616. The van der Waals surface area contributed by atoms with E-state index in [0.29, 0.717) is 6.29 Å². The number of aldehydes is 1. The molecule has 0 atom stereocenters. The molecule has 0 N–H and O–H groups in total. The zero-order valence-electron chi connectivity index (χ0n) is 10.9. The monoisotopic (exact) mass is 278 g/mol.